The van der Waals surface area contributed by atoms with Crippen molar-refractivity contribution in [3.8, 4) is 16.9 Å². The van der Waals surface area contributed by atoms with E-state index in [2.05, 4.69) is 15.3 Å². The molecular formula is C29H26FN3O4. The first-order chi connectivity index (χ1) is 17.5. The van der Waals surface area contributed by atoms with Gasteiger partial charge in [0.15, 0.2) is 11.6 Å². The number of nitrogens with zero attached hydrogens (tertiary/aromatic N) is 1. The van der Waals surface area contributed by atoms with Crippen molar-refractivity contribution in [2.75, 3.05) is 5.32 Å². The van der Waals surface area contributed by atoms with Gasteiger partial charge in [-0.05, 0) is 47.4 Å². The second-order valence-electron chi connectivity index (χ2n) is 10.4. The Morgan fingerprint density at radius 1 is 1.03 bits per heavy atom. The molecule has 8 heteroatoms. The molecule has 1 amide bonds. The molecule has 1 fully saturated rings. The molecule has 0 radical (unpaired) electrons. The largest absolute Gasteiger partial charge is 0.508 e. The van der Waals surface area contributed by atoms with E-state index in [0.717, 1.165) is 17.7 Å². The molecule has 2 aromatic heterocycles. The molecule has 7 nitrogen and oxygen atoms in total. The molecule has 1 aliphatic rings. The summed E-state index contributed by atoms with van der Waals surface area (Å²) in [7, 11) is 0. The summed E-state index contributed by atoms with van der Waals surface area (Å²) in [6.07, 6.45) is 3.30. The Balaban J connectivity index is 1.76. The number of amides is 1. The van der Waals surface area contributed by atoms with Gasteiger partial charge in [0.2, 0.25) is 5.91 Å². The van der Waals surface area contributed by atoms with Gasteiger partial charge in [-0.1, -0.05) is 26.0 Å². The van der Waals surface area contributed by atoms with E-state index in [9.17, 15) is 19.5 Å². The van der Waals surface area contributed by atoms with Crippen molar-refractivity contribution >= 4 is 34.2 Å². The Kier molecular flexibility index (Phi) is 5.70. The van der Waals surface area contributed by atoms with Gasteiger partial charge in [-0.25, -0.2) is 9.37 Å². The molecule has 0 spiro atoms. The highest BCUT2D eigenvalue weighted by molar-refractivity contribution is 6.20. The summed E-state index contributed by atoms with van der Waals surface area (Å²) in [4.78, 5) is 46.9. The van der Waals surface area contributed by atoms with Crippen molar-refractivity contribution in [1.82, 2.24) is 9.97 Å². The van der Waals surface area contributed by atoms with Crippen LogP contribution < -0.4 is 5.32 Å². The van der Waals surface area contributed by atoms with E-state index in [4.69, 9.17) is 0 Å². The fourth-order valence-corrected chi connectivity index (χ4v) is 5.35. The monoisotopic (exact) mass is 499 g/mol. The lowest BCUT2D eigenvalue weighted by Crippen LogP contribution is -2.52. The normalized spacial score (nSPS) is 16.6. The third-order valence-electron chi connectivity index (χ3n) is 6.92. The third-order valence-corrected chi connectivity index (χ3v) is 6.92. The fraction of sp³-hybridized carbons (Fsp3) is 0.241. The first kappa shape index (κ1) is 24.4. The van der Waals surface area contributed by atoms with Gasteiger partial charge in [0.1, 0.15) is 22.6 Å². The van der Waals surface area contributed by atoms with Crippen molar-refractivity contribution in [2.45, 2.75) is 39.0 Å². The molecule has 3 N–H and O–H groups in total. The maximum absolute atomic E-state index is 15.3. The number of carbonyl (C=O) groups excluding carboxylic acids is 3. The number of halogens is 1. The molecule has 2 aromatic carbocycles. The number of Topliss-reactive ketones (excluding diaryl/α,β-unsaturated/α-hetero) is 2. The predicted molar refractivity (Wildman–Crippen MR) is 138 cm³/mol. The number of hydrogen-bond acceptors (Lipinski definition) is 5. The molecule has 0 unspecified atom stereocenters. The smallest absolute Gasteiger partial charge is 0.221 e. The van der Waals surface area contributed by atoms with Crippen LogP contribution in [-0.2, 0) is 19.8 Å². The lowest BCUT2D eigenvalue weighted by atomic mass is 9.58. The zero-order valence-electron chi connectivity index (χ0n) is 20.7. The highest BCUT2D eigenvalue weighted by Gasteiger charge is 2.56. The zero-order chi connectivity index (χ0) is 26.5. The first-order valence-corrected chi connectivity index (χ1v) is 11.9. The summed E-state index contributed by atoms with van der Waals surface area (Å²) in [6, 6.07) is 12.4. The molecule has 2 heterocycles. The molecule has 0 saturated heterocycles. The van der Waals surface area contributed by atoms with E-state index in [1.165, 1.54) is 19.2 Å². The molecule has 1 saturated carbocycles. The number of anilines is 1. The minimum Gasteiger partial charge on any atom is -0.508 e. The van der Waals surface area contributed by atoms with Crippen molar-refractivity contribution in [1.29, 1.82) is 0 Å². The van der Waals surface area contributed by atoms with Gasteiger partial charge >= 0.3 is 0 Å². The number of H-pyrrole nitrogens is 1. The number of phenols is 1. The third kappa shape index (κ3) is 4.08. The summed E-state index contributed by atoms with van der Waals surface area (Å²) < 4.78 is 15.3. The molecule has 5 rings (SSSR count). The number of rotatable bonds is 4. The van der Waals surface area contributed by atoms with E-state index < -0.39 is 28.2 Å². The van der Waals surface area contributed by atoms with E-state index in [1.807, 2.05) is 19.9 Å². The van der Waals surface area contributed by atoms with Crippen LogP contribution in [0, 0.1) is 11.2 Å². The average Bonchev–Trinajstić information content (AvgIpc) is 3.24. The summed E-state index contributed by atoms with van der Waals surface area (Å²) in [6.45, 7) is 5.09. The second kappa shape index (κ2) is 8.65. The summed E-state index contributed by atoms with van der Waals surface area (Å²) >= 11 is 0. The van der Waals surface area contributed by atoms with Crippen LogP contribution in [-0.4, -0.2) is 32.5 Å². The van der Waals surface area contributed by atoms with E-state index in [0.29, 0.717) is 27.8 Å². The fourth-order valence-electron chi connectivity index (χ4n) is 5.35. The molecular weight excluding hydrogens is 473 g/mol. The Bertz CT molecular complexity index is 1570. The average molecular weight is 500 g/mol. The molecule has 188 valence electrons. The maximum atomic E-state index is 15.3. The molecule has 0 bridgehead atoms. The van der Waals surface area contributed by atoms with Gasteiger partial charge in [-0.3, -0.25) is 14.4 Å². The van der Waals surface area contributed by atoms with Crippen molar-refractivity contribution in [3.05, 3.63) is 77.9 Å². The SMILES string of the molecule is CC(=O)Nc1cccc(-c2cnc3[nH]cc(C4(c5cc(O)ccc5F)C(=O)CC(C)(C)CC4=O)c3c2)c1. The van der Waals surface area contributed by atoms with Gasteiger partial charge < -0.3 is 15.4 Å². The van der Waals surface area contributed by atoms with Gasteiger partial charge in [0.25, 0.3) is 0 Å². The van der Waals surface area contributed by atoms with Crippen LogP contribution in [0.25, 0.3) is 22.2 Å². The van der Waals surface area contributed by atoms with Crippen molar-refractivity contribution < 1.29 is 23.9 Å². The number of phenolic OH excluding ortho intramolecular Hbond substituents is 1. The Morgan fingerprint density at radius 2 is 1.76 bits per heavy atom. The van der Waals surface area contributed by atoms with Crippen LogP contribution in [0.2, 0.25) is 0 Å². The number of aromatic hydroxyl groups is 1. The Hall–Kier alpha value is -4.33. The van der Waals surface area contributed by atoms with Crippen LogP contribution in [0.5, 0.6) is 5.75 Å². The number of benzene rings is 2. The summed E-state index contributed by atoms with van der Waals surface area (Å²) in [5, 5.41) is 13.5. The molecule has 0 atom stereocenters. The first-order valence-electron chi connectivity index (χ1n) is 11.9. The minimum atomic E-state index is -1.94. The van der Waals surface area contributed by atoms with Crippen molar-refractivity contribution in [2.24, 2.45) is 5.41 Å². The van der Waals surface area contributed by atoms with Gasteiger partial charge in [0, 0.05) is 59.9 Å². The topological polar surface area (TPSA) is 112 Å². The highest BCUT2D eigenvalue weighted by atomic mass is 19.1. The van der Waals surface area contributed by atoms with Crippen LogP contribution in [0.4, 0.5) is 10.1 Å². The van der Waals surface area contributed by atoms with Crippen molar-refractivity contribution in [3.63, 3.8) is 0 Å². The van der Waals surface area contributed by atoms with E-state index in [1.54, 1.807) is 30.5 Å². The number of aromatic amines is 1. The summed E-state index contributed by atoms with van der Waals surface area (Å²) in [5.74, 6) is -2.06. The predicted octanol–water partition coefficient (Wildman–Crippen LogP) is 5.28. The van der Waals surface area contributed by atoms with Crippen LogP contribution in [0.3, 0.4) is 0 Å². The molecule has 4 aromatic rings. The molecule has 37 heavy (non-hydrogen) atoms. The molecule has 1 aliphatic carbocycles. The van der Waals surface area contributed by atoms with E-state index >= 15 is 4.39 Å². The van der Waals surface area contributed by atoms with Gasteiger partial charge in [-0.2, -0.15) is 0 Å². The van der Waals surface area contributed by atoms with Crippen LogP contribution >= 0.6 is 0 Å². The van der Waals surface area contributed by atoms with Gasteiger partial charge in [0.05, 0.1) is 0 Å². The number of nitrogens with one attached hydrogen (secondary N) is 2. The lowest BCUT2D eigenvalue weighted by molar-refractivity contribution is -0.140. The summed E-state index contributed by atoms with van der Waals surface area (Å²) in [5.41, 5.74) is 0.0944. The lowest BCUT2D eigenvalue weighted by Gasteiger charge is -2.41. The quantitative estimate of drug-likeness (QED) is 0.331. The molecule has 0 aliphatic heterocycles. The number of aromatic nitrogens is 2. The van der Waals surface area contributed by atoms with E-state index in [-0.39, 0.29) is 30.1 Å². The maximum Gasteiger partial charge on any atom is 0.221 e. The van der Waals surface area contributed by atoms with Crippen LogP contribution in [0.1, 0.15) is 44.7 Å². The second-order valence-corrected chi connectivity index (χ2v) is 10.4. The minimum absolute atomic E-state index is 0.0619. The number of carbonyl (C=O) groups is 3. The zero-order valence-corrected chi connectivity index (χ0v) is 20.7. The van der Waals surface area contributed by atoms with Crippen LogP contribution in [0.15, 0.2) is 60.9 Å². The number of hydrogen-bond donors (Lipinski definition) is 3. The number of ketones is 2. The standard InChI is InChI=1S/C29H26FN3O4/c1-16(34)33-19-6-4-5-17(9-19)18-10-21-23(15-32-27(21)31-14-18)29(22-11-20(35)7-8-24(22)30)25(36)12-28(2,3)13-26(29)37/h4-11,14-15,35H,12-13H2,1-3H3,(H,31,32)(H,33,34). The Labute approximate surface area is 212 Å². The highest BCUT2D eigenvalue weighted by Crippen LogP contribution is 2.49. The number of pyridine rings is 1. The Morgan fingerprint density at radius 3 is 2.46 bits per heavy atom. The van der Waals surface area contributed by atoms with Gasteiger partial charge in [-0.15, -0.1) is 0 Å². The number of fused-ring (bicyclic) bond motifs is 1.